The first kappa shape index (κ1) is 13.8. The lowest BCUT2D eigenvalue weighted by atomic mass is 9.77. The number of rotatable bonds is 3. The topological polar surface area (TPSA) is 49.8 Å². The number of carboxylic acid groups (broad SMARTS) is 1. The van der Waals surface area contributed by atoms with Crippen LogP contribution in [0.4, 0.5) is 0 Å². The molecule has 4 nitrogen and oxygen atoms in total. The lowest BCUT2D eigenvalue weighted by molar-refractivity contribution is -0.143. The number of carbonyl (C=O) groups is 1. The Bertz CT molecular complexity index is 297. The fourth-order valence-corrected chi connectivity index (χ4v) is 3.87. The number of ether oxygens (including phenoxy) is 1. The third kappa shape index (κ3) is 2.54. The second-order valence-electron chi connectivity index (χ2n) is 6.09. The van der Waals surface area contributed by atoms with Crippen molar-refractivity contribution in [3.05, 3.63) is 0 Å². The van der Waals surface area contributed by atoms with Gasteiger partial charge in [-0.3, -0.25) is 9.69 Å². The van der Waals surface area contributed by atoms with Gasteiger partial charge in [0.25, 0.3) is 0 Å². The average molecular weight is 255 g/mol. The van der Waals surface area contributed by atoms with E-state index in [9.17, 15) is 9.90 Å². The van der Waals surface area contributed by atoms with Crippen LogP contribution in [0.1, 0.15) is 33.1 Å². The van der Waals surface area contributed by atoms with Crippen LogP contribution in [0.5, 0.6) is 0 Å². The fraction of sp³-hybridized carbons (Fsp3) is 0.929. The molecule has 0 aromatic heterocycles. The summed E-state index contributed by atoms with van der Waals surface area (Å²) in [6, 6.07) is 0.530. The standard InChI is InChI=1S/C14H25NO3/c1-9-5-4-6-10(2)13(9)15(3)12-8-18-7-11(12)14(16)17/h9-13H,4-8H2,1-3H3,(H,16,17). The van der Waals surface area contributed by atoms with Crippen LogP contribution in [0, 0.1) is 17.8 Å². The van der Waals surface area contributed by atoms with Crippen molar-refractivity contribution in [3.63, 3.8) is 0 Å². The summed E-state index contributed by atoms with van der Waals surface area (Å²) in [4.78, 5) is 13.5. The van der Waals surface area contributed by atoms with Crippen LogP contribution in [0.3, 0.4) is 0 Å². The minimum Gasteiger partial charge on any atom is -0.481 e. The zero-order valence-corrected chi connectivity index (χ0v) is 11.6. The average Bonchev–Trinajstić information content (AvgIpc) is 2.77. The number of hydrogen-bond acceptors (Lipinski definition) is 3. The SMILES string of the molecule is CC1CCCC(C)C1N(C)C1COCC1C(=O)O. The first-order valence-electron chi connectivity index (χ1n) is 7.05. The second-order valence-corrected chi connectivity index (χ2v) is 6.09. The molecule has 2 aliphatic rings. The number of aliphatic carboxylic acids is 1. The number of likely N-dealkylation sites (N-methyl/N-ethyl adjacent to an activating group) is 1. The Morgan fingerprint density at radius 2 is 1.83 bits per heavy atom. The van der Waals surface area contributed by atoms with Gasteiger partial charge in [-0.1, -0.05) is 20.3 Å². The molecule has 4 heteroatoms. The summed E-state index contributed by atoms with van der Waals surface area (Å²) in [5.41, 5.74) is 0. The van der Waals surface area contributed by atoms with Crippen LogP contribution in [-0.2, 0) is 9.53 Å². The molecule has 1 saturated carbocycles. The summed E-state index contributed by atoms with van der Waals surface area (Å²) >= 11 is 0. The molecule has 1 N–H and O–H groups in total. The molecule has 104 valence electrons. The zero-order valence-electron chi connectivity index (χ0n) is 11.6. The maximum Gasteiger partial charge on any atom is 0.310 e. The van der Waals surface area contributed by atoms with Crippen LogP contribution in [-0.4, -0.2) is 48.3 Å². The van der Waals surface area contributed by atoms with Gasteiger partial charge >= 0.3 is 5.97 Å². The van der Waals surface area contributed by atoms with Crippen LogP contribution in [0.15, 0.2) is 0 Å². The third-order valence-corrected chi connectivity index (χ3v) is 4.85. The highest BCUT2D eigenvalue weighted by atomic mass is 16.5. The zero-order chi connectivity index (χ0) is 13.3. The van der Waals surface area contributed by atoms with Gasteiger partial charge in [0.1, 0.15) is 0 Å². The maximum absolute atomic E-state index is 11.3. The van der Waals surface area contributed by atoms with Crippen LogP contribution in [0.25, 0.3) is 0 Å². The summed E-state index contributed by atoms with van der Waals surface area (Å²) in [6.45, 7) is 5.51. The van der Waals surface area contributed by atoms with Gasteiger partial charge in [0.05, 0.1) is 19.1 Å². The van der Waals surface area contributed by atoms with E-state index in [2.05, 4.69) is 25.8 Å². The molecule has 0 aromatic rings. The lowest BCUT2D eigenvalue weighted by Crippen LogP contribution is -2.52. The summed E-state index contributed by atoms with van der Waals surface area (Å²) in [7, 11) is 2.08. The summed E-state index contributed by atoms with van der Waals surface area (Å²) < 4.78 is 5.39. The number of hydrogen-bond donors (Lipinski definition) is 1. The van der Waals surface area contributed by atoms with Crippen LogP contribution < -0.4 is 0 Å². The predicted octanol–water partition coefficient (Wildman–Crippen LogP) is 1.84. The number of carboxylic acids is 1. The van der Waals surface area contributed by atoms with Crippen molar-refractivity contribution < 1.29 is 14.6 Å². The summed E-state index contributed by atoms with van der Waals surface area (Å²) in [5, 5.41) is 9.26. The monoisotopic (exact) mass is 255 g/mol. The molecule has 1 aliphatic heterocycles. The normalized spacial score (nSPS) is 41.2. The molecule has 1 heterocycles. The van der Waals surface area contributed by atoms with Gasteiger partial charge in [0.15, 0.2) is 0 Å². The van der Waals surface area contributed by atoms with E-state index in [-0.39, 0.29) is 12.0 Å². The maximum atomic E-state index is 11.3. The molecule has 0 bridgehead atoms. The second kappa shape index (κ2) is 5.57. The van der Waals surface area contributed by atoms with E-state index in [1.54, 1.807) is 0 Å². The van der Waals surface area contributed by atoms with Gasteiger partial charge in [-0.25, -0.2) is 0 Å². The minimum absolute atomic E-state index is 0.0375. The van der Waals surface area contributed by atoms with Crippen LogP contribution >= 0.6 is 0 Å². The van der Waals surface area contributed by atoms with E-state index in [0.717, 1.165) is 0 Å². The predicted molar refractivity (Wildman–Crippen MR) is 69.5 cm³/mol. The van der Waals surface area contributed by atoms with Gasteiger partial charge in [-0.05, 0) is 31.7 Å². The van der Waals surface area contributed by atoms with Crippen molar-refractivity contribution in [2.24, 2.45) is 17.8 Å². The van der Waals surface area contributed by atoms with Gasteiger partial charge in [-0.2, -0.15) is 0 Å². The van der Waals surface area contributed by atoms with Crippen molar-refractivity contribution in [2.75, 3.05) is 20.3 Å². The quantitative estimate of drug-likeness (QED) is 0.836. The minimum atomic E-state index is -0.722. The van der Waals surface area contributed by atoms with E-state index < -0.39 is 5.97 Å². The summed E-state index contributed by atoms with van der Waals surface area (Å²) in [5.74, 6) is 0.208. The fourth-order valence-electron chi connectivity index (χ4n) is 3.87. The Morgan fingerprint density at radius 3 is 2.39 bits per heavy atom. The molecule has 0 amide bonds. The van der Waals surface area contributed by atoms with Crippen LogP contribution in [0.2, 0.25) is 0 Å². The van der Waals surface area contributed by atoms with Crippen molar-refractivity contribution >= 4 is 5.97 Å². The van der Waals surface area contributed by atoms with E-state index in [1.807, 2.05) is 0 Å². The third-order valence-electron chi connectivity index (χ3n) is 4.85. The molecule has 0 radical (unpaired) electrons. The molecule has 0 aromatic carbocycles. The summed E-state index contributed by atoms with van der Waals surface area (Å²) in [6.07, 6.45) is 3.81. The highest BCUT2D eigenvalue weighted by Gasteiger charge is 2.42. The Labute approximate surface area is 109 Å². The molecule has 1 saturated heterocycles. The van der Waals surface area contributed by atoms with E-state index >= 15 is 0 Å². The van der Waals surface area contributed by atoms with Gasteiger partial charge in [0.2, 0.25) is 0 Å². The van der Waals surface area contributed by atoms with Crippen molar-refractivity contribution in [1.82, 2.24) is 4.90 Å². The number of nitrogens with zero attached hydrogens (tertiary/aromatic N) is 1. The molecule has 1 aliphatic carbocycles. The van der Waals surface area contributed by atoms with E-state index in [1.165, 1.54) is 19.3 Å². The molecule has 18 heavy (non-hydrogen) atoms. The van der Waals surface area contributed by atoms with E-state index in [0.29, 0.717) is 31.1 Å². The first-order valence-corrected chi connectivity index (χ1v) is 7.05. The van der Waals surface area contributed by atoms with Crippen molar-refractivity contribution in [1.29, 1.82) is 0 Å². The Kier molecular flexibility index (Phi) is 4.28. The Morgan fingerprint density at radius 1 is 1.22 bits per heavy atom. The lowest BCUT2D eigenvalue weighted by Gasteiger charge is -2.44. The molecular formula is C14H25NO3. The van der Waals surface area contributed by atoms with Gasteiger partial charge in [-0.15, -0.1) is 0 Å². The van der Waals surface area contributed by atoms with Gasteiger partial charge < -0.3 is 9.84 Å². The first-order chi connectivity index (χ1) is 8.52. The smallest absolute Gasteiger partial charge is 0.310 e. The molecular weight excluding hydrogens is 230 g/mol. The highest BCUT2D eigenvalue weighted by molar-refractivity contribution is 5.71. The molecule has 4 atom stereocenters. The largest absolute Gasteiger partial charge is 0.481 e. The molecule has 0 spiro atoms. The molecule has 4 unspecified atom stereocenters. The van der Waals surface area contributed by atoms with Crippen molar-refractivity contribution in [2.45, 2.75) is 45.2 Å². The highest BCUT2D eigenvalue weighted by Crippen LogP contribution is 2.35. The van der Waals surface area contributed by atoms with Crippen molar-refractivity contribution in [3.8, 4) is 0 Å². The molecule has 2 fully saturated rings. The molecule has 2 rings (SSSR count). The Hall–Kier alpha value is -0.610. The Balaban J connectivity index is 2.09. The van der Waals surface area contributed by atoms with E-state index in [4.69, 9.17) is 4.74 Å². The van der Waals surface area contributed by atoms with Gasteiger partial charge in [0, 0.05) is 12.1 Å².